The number of hydrogen-bond acceptors (Lipinski definition) is 5. The molecule has 1 aliphatic rings. The Bertz CT molecular complexity index is 657. The van der Waals surface area contributed by atoms with Gasteiger partial charge in [0.05, 0.1) is 25.7 Å². The van der Waals surface area contributed by atoms with Crippen LogP contribution in [0.3, 0.4) is 0 Å². The fourth-order valence-electron chi connectivity index (χ4n) is 2.20. The SMILES string of the molecule is COc1cc(C)c(S(=O)(=O)N2CCNC(=O)C2)cc1OC. The maximum Gasteiger partial charge on any atom is 0.244 e. The van der Waals surface area contributed by atoms with Crippen molar-refractivity contribution in [1.82, 2.24) is 9.62 Å². The first-order valence-electron chi connectivity index (χ1n) is 6.39. The lowest BCUT2D eigenvalue weighted by molar-refractivity contribution is -0.122. The summed E-state index contributed by atoms with van der Waals surface area (Å²) < 4.78 is 36.8. The van der Waals surface area contributed by atoms with E-state index in [2.05, 4.69) is 5.32 Å². The second-order valence-corrected chi connectivity index (χ2v) is 6.57. The zero-order valence-electron chi connectivity index (χ0n) is 12.2. The topological polar surface area (TPSA) is 84.9 Å². The summed E-state index contributed by atoms with van der Waals surface area (Å²) in [6.45, 7) is 2.07. The number of carbonyl (C=O) groups excluding carboxylic acids is 1. The van der Waals surface area contributed by atoms with Gasteiger partial charge in [0.15, 0.2) is 11.5 Å². The Labute approximate surface area is 123 Å². The molecule has 2 rings (SSSR count). The van der Waals surface area contributed by atoms with Crippen molar-refractivity contribution in [1.29, 1.82) is 0 Å². The number of methoxy groups -OCH3 is 2. The van der Waals surface area contributed by atoms with E-state index in [4.69, 9.17) is 9.47 Å². The van der Waals surface area contributed by atoms with Crippen molar-refractivity contribution >= 4 is 15.9 Å². The maximum atomic E-state index is 12.7. The number of nitrogens with zero attached hydrogens (tertiary/aromatic N) is 1. The predicted molar refractivity (Wildman–Crippen MR) is 76.1 cm³/mol. The van der Waals surface area contributed by atoms with Crippen molar-refractivity contribution in [2.24, 2.45) is 0 Å². The molecule has 0 spiro atoms. The number of piperazine rings is 1. The molecule has 0 radical (unpaired) electrons. The van der Waals surface area contributed by atoms with Gasteiger partial charge in [-0.25, -0.2) is 8.42 Å². The molecular weight excluding hydrogens is 296 g/mol. The van der Waals surface area contributed by atoms with Gasteiger partial charge in [0.25, 0.3) is 0 Å². The minimum absolute atomic E-state index is 0.120. The summed E-state index contributed by atoms with van der Waals surface area (Å²) in [5, 5.41) is 2.60. The molecule has 1 saturated heterocycles. The number of ether oxygens (including phenoxy) is 2. The molecule has 116 valence electrons. The van der Waals surface area contributed by atoms with Crippen LogP contribution in [0.25, 0.3) is 0 Å². The molecule has 1 amide bonds. The number of aryl methyl sites for hydroxylation is 1. The van der Waals surface area contributed by atoms with Crippen molar-refractivity contribution in [3.8, 4) is 11.5 Å². The molecule has 8 heteroatoms. The first kappa shape index (κ1) is 15.6. The molecule has 1 heterocycles. The van der Waals surface area contributed by atoms with E-state index in [1.165, 1.54) is 24.6 Å². The van der Waals surface area contributed by atoms with Crippen molar-refractivity contribution < 1.29 is 22.7 Å². The molecule has 7 nitrogen and oxygen atoms in total. The number of hydrogen-bond donors (Lipinski definition) is 1. The van der Waals surface area contributed by atoms with E-state index in [0.717, 1.165) is 0 Å². The van der Waals surface area contributed by atoms with E-state index in [1.54, 1.807) is 13.0 Å². The molecule has 1 fully saturated rings. The Morgan fingerprint density at radius 2 is 1.81 bits per heavy atom. The molecule has 0 aromatic heterocycles. The quantitative estimate of drug-likeness (QED) is 0.854. The molecular formula is C13H18N2O5S. The van der Waals surface area contributed by atoms with Crippen LogP contribution in [0.5, 0.6) is 11.5 Å². The summed E-state index contributed by atoms with van der Waals surface area (Å²) in [7, 11) is -0.817. The van der Waals surface area contributed by atoms with Gasteiger partial charge < -0.3 is 14.8 Å². The monoisotopic (exact) mass is 314 g/mol. The third-order valence-electron chi connectivity index (χ3n) is 3.30. The molecule has 1 aromatic carbocycles. The van der Waals surface area contributed by atoms with Crippen molar-refractivity contribution in [2.45, 2.75) is 11.8 Å². The molecule has 0 saturated carbocycles. The number of carbonyl (C=O) groups is 1. The van der Waals surface area contributed by atoms with Crippen molar-refractivity contribution in [3.63, 3.8) is 0 Å². The number of sulfonamides is 1. The van der Waals surface area contributed by atoms with Crippen LogP contribution in [-0.2, 0) is 14.8 Å². The van der Waals surface area contributed by atoms with Crippen LogP contribution in [-0.4, -0.2) is 52.5 Å². The van der Waals surface area contributed by atoms with E-state index >= 15 is 0 Å². The molecule has 0 aliphatic carbocycles. The number of nitrogens with one attached hydrogen (secondary N) is 1. The summed E-state index contributed by atoms with van der Waals surface area (Å²) in [4.78, 5) is 11.5. The Kier molecular flexibility index (Phi) is 4.38. The van der Waals surface area contributed by atoms with Gasteiger partial charge in [0, 0.05) is 19.2 Å². The van der Waals surface area contributed by atoms with E-state index < -0.39 is 10.0 Å². The highest BCUT2D eigenvalue weighted by Crippen LogP contribution is 2.33. The summed E-state index contributed by atoms with van der Waals surface area (Å²) in [5.74, 6) is 0.497. The Morgan fingerprint density at radius 3 is 2.38 bits per heavy atom. The third kappa shape index (κ3) is 2.96. The second-order valence-electron chi connectivity index (χ2n) is 4.66. The minimum atomic E-state index is -3.75. The second kappa shape index (κ2) is 5.90. The number of benzene rings is 1. The van der Waals surface area contributed by atoms with Gasteiger partial charge in [0.2, 0.25) is 15.9 Å². The summed E-state index contributed by atoms with van der Waals surface area (Å²) in [6.07, 6.45) is 0. The van der Waals surface area contributed by atoms with Crippen LogP contribution in [0, 0.1) is 6.92 Å². The maximum absolute atomic E-state index is 12.7. The normalized spacial score (nSPS) is 16.4. The Hall–Kier alpha value is -1.80. The van der Waals surface area contributed by atoms with E-state index in [-0.39, 0.29) is 23.9 Å². The first-order valence-corrected chi connectivity index (χ1v) is 7.83. The van der Waals surface area contributed by atoms with Gasteiger partial charge in [-0.1, -0.05) is 0 Å². The van der Waals surface area contributed by atoms with Crippen LogP contribution in [0.4, 0.5) is 0 Å². The highest BCUT2D eigenvalue weighted by molar-refractivity contribution is 7.89. The average molecular weight is 314 g/mol. The standard InChI is InChI=1S/C13H18N2O5S/c1-9-6-10(19-2)11(20-3)7-12(9)21(17,18)15-5-4-14-13(16)8-15/h6-7H,4-5,8H2,1-3H3,(H,14,16). The lowest BCUT2D eigenvalue weighted by Crippen LogP contribution is -2.49. The zero-order chi connectivity index (χ0) is 15.6. The van der Waals surface area contributed by atoms with Crippen LogP contribution >= 0.6 is 0 Å². The first-order chi connectivity index (χ1) is 9.90. The van der Waals surface area contributed by atoms with E-state index in [9.17, 15) is 13.2 Å². The highest BCUT2D eigenvalue weighted by atomic mass is 32.2. The van der Waals surface area contributed by atoms with E-state index in [1.807, 2.05) is 0 Å². The van der Waals surface area contributed by atoms with Gasteiger partial charge >= 0.3 is 0 Å². The Morgan fingerprint density at radius 1 is 1.19 bits per heavy atom. The van der Waals surface area contributed by atoms with Gasteiger partial charge in [0.1, 0.15) is 0 Å². The fourth-order valence-corrected chi connectivity index (χ4v) is 3.82. The van der Waals surface area contributed by atoms with Gasteiger partial charge in [-0.05, 0) is 18.6 Å². The third-order valence-corrected chi connectivity index (χ3v) is 5.29. The molecule has 21 heavy (non-hydrogen) atoms. The lowest BCUT2D eigenvalue weighted by atomic mass is 10.2. The van der Waals surface area contributed by atoms with Crippen LogP contribution in [0.15, 0.2) is 17.0 Å². The smallest absolute Gasteiger partial charge is 0.244 e. The van der Waals surface area contributed by atoms with Crippen LogP contribution in [0.2, 0.25) is 0 Å². The van der Waals surface area contributed by atoms with Gasteiger partial charge in [-0.3, -0.25) is 4.79 Å². The van der Waals surface area contributed by atoms with Crippen LogP contribution < -0.4 is 14.8 Å². The van der Waals surface area contributed by atoms with Gasteiger partial charge in [-0.2, -0.15) is 4.31 Å². The number of rotatable bonds is 4. The zero-order valence-corrected chi connectivity index (χ0v) is 13.0. The van der Waals surface area contributed by atoms with Crippen molar-refractivity contribution in [3.05, 3.63) is 17.7 Å². The fraction of sp³-hybridized carbons (Fsp3) is 0.462. The summed E-state index contributed by atoms with van der Waals surface area (Å²) in [5.41, 5.74) is 0.540. The molecule has 1 aliphatic heterocycles. The van der Waals surface area contributed by atoms with E-state index in [0.29, 0.717) is 23.6 Å². The molecule has 1 aromatic rings. The lowest BCUT2D eigenvalue weighted by Gasteiger charge is -2.26. The predicted octanol–water partition coefficient (Wildman–Crippen LogP) is 0.133. The molecule has 1 N–H and O–H groups in total. The summed E-state index contributed by atoms with van der Waals surface area (Å²) in [6, 6.07) is 3.03. The molecule has 0 unspecified atom stereocenters. The minimum Gasteiger partial charge on any atom is -0.493 e. The van der Waals surface area contributed by atoms with Crippen molar-refractivity contribution in [2.75, 3.05) is 33.9 Å². The molecule has 0 atom stereocenters. The van der Waals surface area contributed by atoms with Crippen LogP contribution in [0.1, 0.15) is 5.56 Å². The average Bonchev–Trinajstić information content (AvgIpc) is 2.46. The largest absolute Gasteiger partial charge is 0.493 e. The Balaban J connectivity index is 2.46. The summed E-state index contributed by atoms with van der Waals surface area (Å²) >= 11 is 0. The highest BCUT2D eigenvalue weighted by Gasteiger charge is 2.31. The van der Waals surface area contributed by atoms with Gasteiger partial charge in [-0.15, -0.1) is 0 Å². The molecule has 0 bridgehead atoms. The number of amides is 1.